The number of hydrogen-bond acceptors (Lipinski definition) is 2. The van der Waals surface area contributed by atoms with Crippen molar-refractivity contribution in [2.45, 2.75) is 26.7 Å². The predicted molar refractivity (Wildman–Crippen MR) is 83.8 cm³/mol. The van der Waals surface area contributed by atoms with Crippen molar-refractivity contribution in [3.63, 3.8) is 0 Å². The molecule has 0 radical (unpaired) electrons. The number of halogens is 2. The Morgan fingerprint density at radius 3 is 2.43 bits per heavy atom. The first kappa shape index (κ1) is 17.8. The zero-order valence-corrected chi connectivity index (χ0v) is 13.5. The number of aliphatic carboxylic acids is 1. The first-order chi connectivity index (χ1) is 9.79. The monoisotopic (exact) mass is 331 g/mol. The number of hydrogen-bond donors (Lipinski definition) is 2. The first-order valence-corrected chi connectivity index (χ1v) is 7.48. The molecule has 4 nitrogen and oxygen atoms in total. The highest BCUT2D eigenvalue weighted by Crippen LogP contribution is 2.22. The van der Waals surface area contributed by atoms with Crippen molar-refractivity contribution in [1.29, 1.82) is 0 Å². The van der Waals surface area contributed by atoms with Crippen molar-refractivity contribution >= 4 is 35.1 Å². The number of amides is 1. The van der Waals surface area contributed by atoms with Crippen LogP contribution in [-0.2, 0) is 16.0 Å². The van der Waals surface area contributed by atoms with Crippen LogP contribution in [0.5, 0.6) is 0 Å². The third-order valence-corrected chi connectivity index (χ3v) is 3.74. The summed E-state index contributed by atoms with van der Waals surface area (Å²) >= 11 is 11.7. The molecule has 0 saturated carbocycles. The Labute approximate surface area is 134 Å². The second-order valence-corrected chi connectivity index (χ2v) is 6.21. The Bertz CT molecular complexity index is 518. The average Bonchev–Trinajstić information content (AvgIpc) is 2.38. The largest absolute Gasteiger partial charge is 0.481 e. The minimum absolute atomic E-state index is 0.133. The number of carbonyl (C=O) groups excluding carboxylic acids is 1. The van der Waals surface area contributed by atoms with Gasteiger partial charge in [-0.25, -0.2) is 0 Å². The third kappa shape index (κ3) is 6.36. The highest BCUT2D eigenvalue weighted by atomic mass is 35.5. The van der Waals surface area contributed by atoms with Gasteiger partial charge < -0.3 is 10.4 Å². The summed E-state index contributed by atoms with van der Waals surface area (Å²) in [6.07, 6.45) is 0.674. The lowest BCUT2D eigenvalue weighted by molar-refractivity contribution is -0.142. The molecule has 0 spiro atoms. The highest BCUT2D eigenvalue weighted by molar-refractivity contribution is 6.42. The number of carboxylic acids is 1. The molecule has 0 saturated heterocycles. The maximum Gasteiger partial charge on any atom is 0.308 e. The Balaban J connectivity index is 2.52. The lowest BCUT2D eigenvalue weighted by Crippen LogP contribution is -2.34. The first-order valence-electron chi connectivity index (χ1n) is 6.73. The Hall–Kier alpha value is -1.26. The van der Waals surface area contributed by atoms with Crippen LogP contribution >= 0.6 is 23.2 Å². The van der Waals surface area contributed by atoms with E-state index in [9.17, 15) is 9.59 Å². The molecule has 0 bridgehead atoms. The van der Waals surface area contributed by atoms with Gasteiger partial charge in [0.15, 0.2) is 0 Å². The summed E-state index contributed by atoms with van der Waals surface area (Å²) in [6, 6.07) is 4.98. The summed E-state index contributed by atoms with van der Waals surface area (Å²) in [5.41, 5.74) is 0.734. The highest BCUT2D eigenvalue weighted by Gasteiger charge is 2.19. The van der Waals surface area contributed by atoms with Crippen molar-refractivity contribution in [3.8, 4) is 0 Å². The summed E-state index contributed by atoms with van der Waals surface area (Å²) in [4.78, 5) is 22.9. The number of carbonyl (C=O) groups is 2. The number of carboxylic acid groups (broad SMARTS) is 1. The van der Waals surface area contributed by atoms with Gasteiger partial charge in [-0.05, 0) is 30.0 Å². The van der Waals surface area contributed by atoms with E-state index < -0.39 is 11.9 Å². The van der Waals surface area contributed by atoms with Gasteiger partial charge in [0.1, 0.15) is 0 Å². The van der Waals surface area contributed by atoms with E-state index in [-0.39, 0.29) is 24.8 Å². The standard InChI is InChI=1S/C15H19Cl2NO3/c1-9(2)5-11(15(20)21)8-18-14(19)7-10-3-4-12(16)13(17)6-10/h3-4,6,9,11H,5,7-8H2,1-2H3,(H,18,19)(H,20,21). The maximum absolute atomic E-state index is 11.8. The second-order valence-electron chi connectivity index (χ2n) is 5.39. The molecule has 0 aromatic heterocycles. The van der Waals surface area contributed by atoms with Crippen LogP contribution < -0.4 is 5.32 Å². The van der Waals surface area contributed by atoms with E-state index in [1.807, 2.05) is 13.8 Å². The zero-order valence-electron chi connectivity index (χ0n) is 12.0. The predicted octanol–water partition coefficient (Wildman–Crippen LogP) is 3.40. The van der Waals surface area contributed by atoms with Crippen molar-refractivity contribution in [3.05, 3.63) is 33.8 Å². The molecule has 6 heteroatoms. The fourth-order valence-electron chi connectivity index (χ4n) is 1.98. The van der Waals surface area contributed by atoms with Crippen molar-refractivity contribution < 1.29 is 14.7 Å². The van der Waals surface area contributed by atoms with Crippen LogP contribution in [0, 0.1) is 11.8 Å². The molecular weight excluding hydrogens is 313 g/mol. The van der Waals surface area contributed by atoms with Crippen LogP contribution in [0.4, 0.5) is 0 Å². The van der Waals surface area contributed by atoms with E-state index >= 15 is 0 Å². The van der Waals surface area contributed by atoms with Crippen LogP contribution in [0.15, 0.2) is 18.2 Å². The minimum Gasteiger partial charge on any atom is -0.481 e. The molecular formula is C15H19Cl2NO3. The van der Waals surface area contributed by atoms with E-state index in [1.54, 1.807) is 18.2 Å². The molecule has 1 atom stereocenters. The van der Waals surface area contributed by atoms with Gasteiger partial charge in [-0.15, -0.1) is 0 Å². The average molecular weight is 332 g/mol. The molecule has 0 aliphatic heterocycles. The van der Waals surface area contributed by atoms with Crippen molar-refractivity contribution in [2.24, 2.45) is 11.8 Å². The van der Waals surface area contributed by atoms with E-state index in [0.717, 1.165) is 5.56 Å². The van der Waals surface area contributed by atoms with Crippen molar-refractivity contribution in [1.82, 2.24) is 5.32 Å². The molecule has 0 aliphatic carbocycles. The van der Waals surface area contributed by atoms with Crippen molar-refractivity contribution in [2.75, 3.05) is 6.54 Å². The molecule has 1 aromatic carbocycles. The number of benzene rings is 1. The summed E-state index contributed by atoms with van der Waals surface area (Å²) in [5.74, 6) is -1.43. The van der Waals surface area contributed by atoms with E-state index in [0.29, 0.717) is 16.5 Å². The van der Waals surface area contributed by atoms with Gasteiger partial charge in [-0.1, -0.05) is 43.1 Å². The van der Waals surface area contributed by atoms with Crippen LogP contribution in [0.3, 0.4) is 0 Å². The molecule has 0 aliphatic rings. The van der Waals surface area contributed by atoms with E-state index in [4.69, 9.17) is 28.3 Å². The maximum atomic E-state index is 11.8. The molecule has 2 N–H and O–H groups in total. The molecule has 1 rings (SSSR count). The third-order valence-electron chi connectivity index (χ3n) is 3.00. The molecule has 1 amide bonds. The van der Waals surface area contributed by atoms with Crippen LogP contribution in [0.25, 0.3) is 0 Å². The lowest BCUT2D eigenvalue weighted by Gasteiger charge is -2.15. The van der Waals surface area contributed by atoms with E-state index in [2.05, 4.69) is 5.32 Å². The normalized spacial score (nSPS) is 12.2. The van der Waals surface area contributed by atoms with Crippen LogP contribution in [0.1, 0.15) is 25.8 Å². The van der Waals surface area contributed by atoms with E-state index in [1.165, 1.54) is 0 Å². The Morgan fingerprint density at radius 1 is 1.24 bits per heavy atom. The second kappa shape index (κ2) is 8.25. The summed E-state index contributed by atoms with van der Waals surface area (Å²) in [7, 11) is 0. The van der Waals surface area contributed by atoms with Gasteiger partial charge in [-0.3, -0.25) is 9.59 Å². The Morgan fingerprint density at radius 2 is 1.90 bits per heavy atom. The molecule has 0 fully saturated rings. The Kier molecular flexibility index (Phi) is 6.99. The van der Waals surface area contributed by atoms with Gasteiger partial charge in [0.05, 0.1) is 22.4 Å². The van der Waals surface area contributed by atoms with Gasteiger partial charge in [0.2, 0.25) is 5.91 Å². The zero-order chi connectivity index (χ0) is 16.0. The smallest absolute Gasteiger partial charge is 0.308 e. The fourth-order valence-corrected chi connectivity index (χ4v) is 2.30. The van der Waals surface area contributed by atoms with Gasteiger partial charge >= 0.3 is 5.97 Å². The molecule has 1 unspecified atom stereocenters. The van der Waals surface area contributed by atoms with Gasteiger partial charge in [-0.2, -0.15) is 0 Å². The number of nitrogens with one attached hydrogen (secondary N) is 1. The van der Waals surface area contributed by atoms with Gasteiger partial charge in [0.25, 0.3) is 0 Å². The summed E-state index contributed by atoms with van der Waals surface area (Å²) < 4.78 is 0. The molecule has 0 heterocycles. The molecule has 116 valence electrons. The minimum atomic E-state index is -0.890. The quantitative estimate of drug-likeness (QED) is 0.804. The van der Waals surface area contributed by atoms with Crippen LogP contribution in [0.2, 0.25) is 10.0 Å². The summed E-state index contributed by atoms with van der Waals surface area (Å²) in [6.45, 7) is 4.04. The lowest BCUT2D eigenvalue weighted by atomic mass is 9.97. The molecule has 21 heavy (non-hydrogen) atoms. The topological polar surface area (TPSA) is 66.4 Å². The number of rotatable bonds is 7. The van der Waals surface area contributed by atoms with Gasteiger partial charge in [0, 0.05) is 6.54 Å². The fraction of sp³-hybridized carbons (Fsp3) is 0.467. The molecule has 1 aromatic rings. The summed E-state index contributed by atoms with van der Waals surface area (Å²) in [5, 5.41) is 12.6. The SMILES string of the molecule is CC(C)CC(CNC(=O)Cc1ccc(Cl)c(Cl)c1)C(=O)O. The van der Waals surface area contributed by atoms with Crippen LogP contribution in [-0.4, -0.2) is 23.5 Å².